The van der Waals surface area contributed by atoms with E-state index in [-0.39, 0.29) is 5.56 Å². The van der Waals surface area contributed by atoms with Crippen LogP contribution in [0.2, 0.25) is 0 Å². The number of hydrogen-bond acceptors (Lipinski definition) is 2. The predicted octanol–water partition coefficient (Wildman–Crippen LogP) is 1.12. The number of aliphatic hydroxyl groups is 1. The average molecular weight is 184 g/mol. The van der Waals surface area contributed by atoms with Gasteiger partial charge in [0.05, 0.1) is 0 Å². The van der Waals surface area contributed by atoms with Crippen LogP contribution in [0.25, 0.3) is 0 Å². The van der Waals surface area contributed by atoms with Crippen LogP contribution in [0.1, 0.15) is 12.5 Å². The molecule has 13 heavy (non-hydrogen) atoms. The van der Waals surface area contributed by atoms with Gasteiger partial charge in [0, 0.05) is 0 Å². The molecule has 0 aliphatic rings. The van der Waals surface area contributed by atoms with Crippen molar-refractivity contribution in [1.29, 1.82) is 0 Å². The first kappa shape index (κ1) is 9.67. The van der Waals surface area contributed by atoms with Crippen molar-refractivity contribution < 1.29 is 19.4 Å². The van der Waals surface area contributed by atoms with Gasteiger partial charge < -0.3 is 10.2 Å². The van der Waals surface area contributed by atoms with Crippen molar-refractivity contribution >= 4 is 5.97 Å². The summed E-state index contributed by atoms with van der Waals surface area (Å²) in [4.78, 5) is 10.6. The number of benzene rings is 1. The first-order chi connectivity index (χ1) is 5.94. The Hall–Kier alpha value is -1.42. The molecule has 0 aliphatic carbocycles. The van der Waals surface area contributed by atoms with Crippen molar-refractivity contribution in [2.75, 3.05) is 0 Å². The van der Waals surface area contributed by atoms with Crippen LogP contribution in [0.3, 0.4) is 0 Å². The minimum atomic E-state index is -1.96. The van der Waals surface area contributed by atoms with E-state index in [1.54, 1.807) is 0 Å². The largest absolute Gasteiger partial charge is 0.479 e. The van der Waals surface area contributed by atoms with Crippen LogP contribution in [0.4, 0.5) is 4.39 Å². The quantitative estimate of drug-likeness (QED) is 0.724. The van der Waals surface area contributed by atoms with Crippen LogP contribution in [-0.4, -0.2) is 16.2 Å². The van der Waals surface area contributed by atoms with Crippen LogP contribution >= 0.6 is 0 Å². The lowest BCUT2D eigenvalue weighted by Gasteiger charge is -2.17. The zero-order valence-electron chi connectivity index (χ0n) is 6.99. The van der Waals surface area contributed by atoms with Crippen molar-refractivity contribution in [3.63, 3.8) is 0 Å². The number of halogens is 1. The molecule has 1 aromatic carbocycles. The summed E-state index contributed by atoms with van der Waals surface area (Å²) >= 11 is 0. The molecule has 0 amide bonds. The molecule has 0 spiro atoms. The highest BCUT2D eigenvalue weighted by Crippen LogP contribution is 2.20. The lowest BCUT2D eigenvalue weighted by atomic mass is 9.96. The van der Waals surface area contributed by atoms with E-state index in [1.165, 1.54) is 12.1 Å². The molecule has 0 saturated carbocycles. The SMILES string of the molecule is C[C@](O)(C(=O)O)c1ccc(F)cc1. The molecular weight excluding hydrogens is 175 g/mol. The summed E-state index contributed by atoms with van der Waals surface area (Å²) in [6, 6.07) is 4.69. The normalized spacial score (nSPS) is 15.0. The van der Waals surface area contributed by atoms with Crippen LogP contribution < -0.4 is 0 Å². The van der Waals surface area contributed by atoms with E-state index in [1.807, 2.05) is 0 Å². The van der Waals surface area contributed by atoms with Gasteiger partial charge >= 0.3 is 5.97 Å². The molecule has 0 aromatic heterocycles. The molecule has 3 nitrogen and oxygen atoms in total. The molecule has 70 valence electrons. The molecule has 0 heterocycles. The maximum absolute atomic E-state index is 12.4. The lowest BCUT2D eigenvalue weighted by Crippen LogP contribution is -2.31. The van der Waals surface area contributed by atoms with Gasteiger partial charge in [0.2, 0.25) is 0 Å². The molecule has 1 rings (SSSR count). The summed E-state index contributed by atoms with van der Waals surface area (Å²) in [7, 11) is 0. The highest BCUT2D eigenvalue weighted by molar-refractivity contribution is 5.78. The smallest absolute Gasteiger partial charge is 0.340 e. The molecule has 0 unspecified atom stereocenters. The minimum absolute atomic E-state index is 0.154. The molecule has 0 aliphatic heterocycles. The van der Waals surface area contributed by atoms with Crippen molar-refractivity contribution in [2.45, 2.75) is 12.5 Å². The monoisotopic (exact) mass is 184 g/mol. The fourth-order valence-electron chi connectivity index (χ4n) is 0.898. The Labute approximate surface area is 74.4 Å². The standard InChI is InChI=1S/C9H9FO3/c1-9(13,8(11)12)6-2-4-7(10)5-3-6/h2-5,13H,1H3,(H,11,12)/t9-/m1/s1. The average Bonchev–Trinajstić information content (AvgIpc) is 2.04. The first-order valence-electron chi connectivity index (χ1n) is 3.66. The van der Waals surface area contributed by atoms with E-state index in [9.17, 15) is 14.3 Å². The fourth-order valence-corrected chi connectivity index (χ4v) is 0.898. The lowest BCUT2D eigenvalue weighted by molar-refractivity contribution is -0.157. The second-order valence-corrected chi connectivity index (χ2v) is 2.88. The maximum Gasteiger partial charge on any atom is 0.340 e. The van der Waals surface area contributed by atoms with Crippen molar-refractivity contribution in [1.82, 2.24) is 0 Å². The van der Waals surface area contributed by atoms with E-state index in [2.05, 4.69) is 0 Å². The Bertz CT molecular complexity index is 316. The van der Waals surface area contributed by atoms with Crippen LogP contribution in [0.15, 0.2) is 24.3 Å². The van der Waals surface area contributed by atoms with Crippen LogP contribution in [0.5, 0.6) is 0 Å². The van der Waals surface area contributed by atoms with Gasteiger partial charge in [-0.15, -0.1) is 0 Å². The van der Waals surface area contributed by atoms with Crippen LogP contribution in [0, 0.1) is 5.82 Å². The molecule has 1 atom stereocenters. The highest BCUT2D eigenvalue weighted by Gasteiger charge is 2.31. The topological polar surface area (TPSA) is 57.5 Å². The highest BCUT2D eigenvalue weighted by atomic mass is 19.1. The van der Waals surface area contributed by atoms with E-state index >= 15 is 0 Å². The van der Waals surface area contributed by atoms with Gasteiger partial charge in [-0.05, 0) is 24.6 Å². The zero-order valence-corrected chi connectivity index (χ0v) is 6.99. The van der Waals surface area contributed by atoms with Gasteiger partial charge in [-0.3, -0.25) is 0 Å². The van der Waals surface area contributed by atoms with Gasteiger partial charge in [0.15, 0.2) is 5.60 Å². The molecule has 0 fully saturated rings. The van der Waals surface area contributed by atoms with Gasteiger partial charge in [0.1, 0.15) is 5.82 Å². The van der Waals surface area contributed by atoms with E-state index in [4.69, 9.17) is 5.11 Å². The Kier molecular flexibility index (Phi) is 2.34. The molecule has 2 N–H and O–H groups in total. The Balaban J connectivity index is 3.08. The maximum atomic E-state index is 12.4. The molecule has 1 aromatic rings. The summed E-state index contributed by atoms with van der Waals surface area (Å²) in [5.74, 6) is -1.83. The van der Waals surface area contributed by atoms with Crippen molar-refractivity contribution in [2.24, 2.45) is 0 Å². The Morgan fingerprint density at radius 1 is 1.38 bits per heavy atom. The third-order valence-corrected chi connectivity index (χ3v) is 1.82. The van der Waals surface area contributed by atoms with Crippen LogP contribution in [-0.2, 0) is 10.4 Å². The molecule has 4 heteroatoms. The predicted molar refractivity (Wildman–Crippen MR) is 43.6 cm³/mol. The van der Waals surface area contributed by atoms with Crippen molar-refractivity contribution in [3.8, 4) is 0 Å². The fraction of sp³-hybridized carbons (Fsp3) is 0.222. The first-order valence-corrected chi connectivity index (χ1v) is 3.66. The van der Waals surface area contributed by atoms with E-state index in [0.717, 1.165) is 19.1 Å². The van der Waals surface area contributed by atoms with E-state index in [0.29, 0.717) is 0 Å². The number of carboxylic acids is 1. The summed E-state index contributed by atoms with van der Waals surface area (Å²) in [5, 5.41) is 18.1. The molecular formula is C9H9FO3. The Morgan fingerprint density at radius 3 is 2.23 bits per heavy atom. The third kappa shape index (κ3) is 1.84. The summed E-state index contributed by atoms with van der Waals surface area (Å²) in [6.45, 7) is 1.14. The second kappa shape index (κ2) is 3.14. The molecule has 0 radical (unpaired) electrons. The number of hydrogen-bond donors (Lipinski definition) is 2. The third-order valence-electron chi connectivity index (χ3n) is 1.82. The minimum Gasteiger partial charge on any atom is -0.479 e. The summed E-state index contributed by atoms with van der Waals surface area (Å²) < 4.78 is 12.4. The van der Waals surface area contributed by atoms with Gasteiger partial charge in [0.25, 0.3) is 0 Å². The summed E-state index contributed by atoms with van der Waals surface area (Å²) in [6.07, 6.45) is 0. The summed E-state index contributed by atoms with van der Waals surface area (Å²) in [5.41, 5.74) is -1.81. The van der Waals surface area contributed by atoms with Crippen molar-refractivity contribution in [3.05, 3.63) is 35.6 Å². The Morgan fingerprint density at radius 2 is 1.85 bits per heavy atom. The number of carbonyl (C=O) groups is 1. The van der Waals surface area contributed by atoms with Gasteiger partial charge in [-0.2, -0.15) is 0 Å². The van der Waals surface area contributed by atoms with Gasteiger partial charge in [-0.1, -0.05) is 12.1 Å². The second-order valence-electron chi connectivity index (χ2n) is 2.88. The van der Waals surface area contributed by atoms with E-state index < -0.39 is 17.4 Å². The molecule has 0 bridgehead atoms. The van der Waals surface area contributed by atoms with Gasteiger partial charge in [-0.25, -0.2) is 9.18 Å². The number of rotatable bonds is 2. The number of carboxylic acid groups (broad SMARTS) is 1. The molecule has 0 saturated heterocycles. The number of aliphatic carboxylic acids is 1. The zero-order chi connectivity index (χ0) is 10.1.